The number of benzene rings is 2. The number of hydrogen-bond acceptors (Lipinski definition) is 7. The van der Waals surface area contributed by atoms with Crippen LogP contribution in [0.15, 0.2) is 47.4 Å². The average Bonchev–Trinajstić information content (AvgIpc) is 3.07. The van der Waals surface area contributed by atoms with E-state index in [1.807, 2.05) is 6.92 Å². The zero-order valence-electron chi connectivity index (χ0n) is 17.8. The van der Waals surface area contributed by atoms with E-state index in [2.05, 4.69) is 20.3 Å². The zero-order valence-corrected chi connectivity index (χ0v) is 19.5. The highest BCUT2D eigenvalue weighted by molar-refractivity contribution is 7.93. The molecule has 0 unspecified atom stereocenters. The predicted molar refractivity (Wildman–Crippen MR) is 124 cm³/mol. The molecule has 0 spiro atoms. The molecule has 11 heteroatoms. The Morgan fingerprint density at radius 3 is 2.34 bits per heavy atom. The van der Waals surface area contributed by atoms with E-state index < -0.39 is 15.9 Å². The number of thiazole rings is 1. The summed E-state index contributed by atoms with van der Waals surface area (Å²) in [5.41, 5.74) is 2.14. The third kappa shape index (κ3) is 5.42. The molecule has 0 bridgehead atoms. The molecular formula is C21H22N4O5S2. The molecule has 2 aromatic carbocycles. The molecule has 0 aliphatic rings. The maximum absolute atomic E-state index is 12.9. The van der Waals surface area contributed by atoms with Crippen LogP contribution in [0.5, 0.6) is 5.75 Å². The van der Waals surface area contributed by atoms with E-state index in [1.54, 1.807) is 37.3 Å². The van der Waals surface area contributed by atoms with Crippen LogP contribution < -0.4 is 20.1 Å². The number of carbonyl (C=O) groups excluding carboxylic acids is 2. The summed E-state index contributed by atoms with van der Waals surface area (Å²) in [6.07, 6.45) is 0. The topological polar surface area (TPSA) is 126 Å². The number of aromatic nitrogens is 1. The van der Waals surface area contributed by atoms with Crippen LogP contribution in [0.4, 0.5) is 16.5 Å². The van der Waals surface area contributed by atoms with Crippen LogP contribution in [-0.4, -0.2) is 32.3 Å². The lowest BCUT2D eigenvalue weighted by Crippen LogP contribution is -2.13. The van der Waals surface area contributed by atoms with Crippen LogP contribution in [0.25, 0.3) is 0 Å². The van der Waals surface area contributed by atoms with Crippen molar-refractivity contribution in [3.63, 3.8) is 0 Å². The Hall–Kier alpha value is -3.44. The van der Waals surface area contributed by atoms with Crippen LogP contribution in [0.3, 0.4) is 0 Å². The van der Waals surface area contributed by atoms with Gasteiger partial charge in [-0.2, -0.15) is 0 Å². The molecule has 3 aromatic rings. The quantitative estimate of drug-likeness (QED) is 0.478. The Morgan fingerprint density at radius 1 is 1.03 bits per heavy atom. The Balaban J connectivity index is 1.82. The molecular weight excluding hydrogens is 452 g/mol. The van der Waals surface area contributed by atoms with Gasteiger partial charge in [-0.1, -0.05) is 29.0 Å². The first-order valence-electron chi connectivity index (χ1n) is 9.43. The molecule has 0 radical (unpaired) electrons. The van der Waals surface area contributed by atoms with Crippen molar-refractivity contribution in [2.24, 2.45) is 0 Å². The standard InChI is InChI=1S/C21H22N4O5S2/c1-12-5-8-16(9-6-12)32(28,29)25-21-22-13(2)19(31-21)20(27)24-17-11-15(23-14(3)26)7-10-18(17)30-4/h5-11H,1-4H3,(H,22,25)(H,23,26)(H,24,27). The number of ether oxygens (including phenoxy) is 1. The van der Waals surface area contributed by atoms with Gasteiger partial charge in [-0.3, -0.25) is 14.3 Å². The van der Waals surface area contributed by atoms with Crippen LogP contribution in [0.2, 0.25) is 0 Å². The molecule has 168 valence electrons. The molecule has 0 saturated heterocycles. The lowest BCUT2D eigenvalue weighted by atomic mass is 10.2. The third-order valence-electron chi connectivity index (χ3n) is 4.32. The summed E-state index contributed by atoms with van der Waals surface area (Å²) in [6, 6.07) is 11.2. The van der Waals surface area contributed by atoms with E-state index in [1.165, 1.54) is 26.2 Å². The van der Waals surface area contributed by atoms with E-state index in [0.29, 0.717) is 22.8 Å². The molecule has 2 amide bonds. The highest BCUT2D eigenvalue weighted by Crippen LogP contribution is 2.30. The van der Waals surface area contributed by atoms with Gasteiger partial charge in [0.05, 0.1) is 23.4 Å². The van der Waals surface area contributed by atoms with Gasteiger partial charge in [0, 0.05) is 12.6 Å². The molecule has 3 N–H and O–H groups in total. The highest BCUT2D eigenvalue weighted by atomic mass is 32.2. The molecule has 0 atom stereocenters. The lowest BCUT2D eigenvalue weighted by Gasteiger charge is -2.12. The summed E-state index contributed by atoms with van der Waals surface area (Å²) in [4.78, 5) is 28.7. The van der Waals surface area contributed by atoms with Gasteiger partial charge in [0.1, 0.15) is 10.6 Å². The third-order valence-corrected chi connectivity index (χ3v) is 6.88. The summed E-state index contributed by atoms with van der Waals surface area (Å²) in [5.74, 6) is -0.342. The number of nitrogens with one attached hydrogen (secondary N) is 3. The molecule has 0 aliphatic heterocycles. The van der Waals surface area contributed by atoms with Gasteiger partial charge in [-0.05, 0) is 44.2 Å². The Kier molecular flexibility index (Phi) is 6.80. The first-order chi connectivity index (χ1) is 15.1. The first kappa shape index (κ1) is 23.2. The molecule has 1 aromatic heterocycles. The molecule has 0 aliphatic carbocycles. The van der Waals surface area contributed by atoms with Crippen molar-refractivity contribution in [3.8, 4) is 5.75 Å². The SMILES string of the molecule is COc1ccc(NC(C)=O)cc1NC(=O)c1sc(NS(=O)(=O)c2ccc(C)cc2)nc1C. The second-order valence-electron chi connectivity index (χ2n) is 6.90. The Bertz CT molecular complexity index is 1270. The number of carbonyl (C=O) groups is 2. The van der Waals surface area contributed by atoms with Gasteiger partial charge in [0.2, 0.25) is 5.91 Å². The van der Waals surface area contributed by atoms with Crippen LogP contribution in [-0.2, 0) is 14.8 Å². The van der Waals surface area contributed by atoms with Crippen molar-refractivity contribution in [3.05, 3.63) is 58.6 Å². The van der Waals surface area contributed by atoms with E-state index in [0.717, 1.165) is 16.9 Å². The minimum absolute atomic E-state index is 0.0761. The van der Waals surface area contributed by atoms with Crippen molar-refractivity contribution >= 4 is 49.7 Å². The number of amides is 2. The van der Waals surface area contributed by atoms with Crippen molar-refractivity contribution in [2.75, 3.05) is 22.5 Å². The second kappa shape index (κ2) is 9.37. The molecule has 0 fully saturated rings. The number of anilines is 3. The number of aryl methyl sites for hydroxylation is 2. The van der Waals surface area contributed by atoms with Crippen molar-refractivity contribution in [1.29, 1.82) is 0 Å². The number of rotatable bonds is 7. The fourth-order valence-electron chi connectivity index (χ4n) is 2.81. The maximum Gasteiger partial charge on any atom is 0.267 e. The van der Waals surface area contributed by atoms with Gasteiger partial charge in [-0.25, -0.2) is 13.4 Å². The fourth-order valence-corrected chi connectivity index (χ4v) is 4.90. The Labute approximate surface area is 189 Å². The van der Waals surface area contributed by atoms with Crippen molar-refractivity contribution in [2.45, 2.75) is 25.7 Å². The summed E-state index contributed by atoms with van der Waals surface area (Å²) in [5, 5.41) is 5.44. The average molecular weight is 475 g/mol. The molecule has 0 saturated carbocycles. The van der Waals surface area contributed by atoms with E-state index in [9.17, 15) is 18.0 Å². The van der Waals surface area contributed by atoms with Crippen LogP contribution in [0.1, 0.15) is 27.9 Å². The largest absolute Gasteiger partial charge is 0.495 e. The summed E-state index contributed by atoms with van der Waals surface area (Å²) in [6.45, 7) is 4.85. The summed E-state index contributed by atoms with van der Waals surface area (Å²) in [7, 11) is -2.38. The number of nitrogens with zero attached hydrogens (tertiary/aromatic N) is 1. The molecule has 32 heavy (non-hydrogen) atoms. The van der Waals surface area contributed by atoms with E-state index in [-0.39, 0.29) is 20.8 Å². The summed E-state index contributed by atoms with van der Waals surface area (Å²) >= 11 is 0.916. The number of sulfonamides is 1. The minimum atomic E-state index is -3.84. The lowest BCUT2D eigenvalue weighted by molar-refractivity contribution is -0.114. The van der Waals surface area contributed by atoms with Gasteiger partial charge < -0.3 is 15.4 Å². The highest BCUT2D eigenvalue weighted by Gasteiger charge is 2.21. The van der Waals surface area contributed by atoms with Crippen LogP contribution in [0, 0.1) is 13.8 Å². The second-order valence-corrected chi connectivity index (χ2v) is 9.58. The van der Waals surface area contributed by atoms with Gasteiger partial charge in [0.25, 0.3) is 15.9 Å². The minimum Gasteiger partial charge on any atom is -0.495 e. The van der Waals surface area contributed by atoms with E-state index in [4.69, 9.17) is 4.74 Å². The summed E-state index contributed by atoms with van der Waals surface area (Å²) < 4.78 is 32.9. The molecule has 3 rings (SSSR count). The molecule has 9 nitrogen and oxygen atoms in total. The van der Waals surface area contributed by atoms with Crippen molar-refractivity contribution in [1.82, 2.24) is 4.98 Å². The first-order valence-corrected chi connectivity index (χ1v) is 11.7. The number of hydrogen-bond donors (Lipinski definition) is 3. The maximum atomic E-state index is 12.9. The molecule has 1 heterocycles. The number of methoxy groups -OCH3 is 1. The van der Waals surface area contributed by atoms with Gasteiger partial charge >= 0.3 is 0 Å². The van der Waals surface area contributed by atoms with E-state index >= 15 is 0 Å². The monoisotopic (exact) mass is 474 g/mol. The zero-order chi connectivity index (χ0) is 23.5. The smallest absolute Gasteiger partial charge is 0.267 e. The predicted octanol–water partition coefficient (Wildman–Crippen LogP) is 3.78. The normalized spacial score (nSPS) is 11.0. The van der Waals surface area contributed by atoms with Crippen molar-refractivity contribution < 1.29 is 22.7 Å². The fraction of sp³-hybridized carbons (Fsp3) is 0.190. The van der Waals surface area contributed by atoms with Gasteiger partial charge in [-0.15, -0.1) is 0 Å². The van der Waals surface area contributed by atoms with Crippen LogP contribution >= 0.6 is 11.3 Å². The van der Waals surface area contributed by atoms with Gasteiger partial charge in [0.15, 0.2) is 5.13 Å². The Morgan fingerprint density at radius 2 is 1.72 bits per heavy atom.